The van der Waals surface area contributed by atoms with Crippen LogP contribution >= 0.6 is 0 Å². The highest BCUT2D eigenvalue weighted by atomic mass is 16.6. The second kappa shape index (κ2) is 4.77. The third kappa shape index (κ3) is 3.12. The van der Waals surface area contributed by atoms with Crippen molar-refractivity contribution in [1.29, 1.82) is 0 Å². The van der Waals surface area contributed by atoms with Crippen LogP contribution in [0.5, 0.6) is 0 Å². The lowest BCUT2D eigenvalue weighted by molar-refractivity contribution is 0.0636. The van der Waals surface area contributed by atoms with Crippen LogP contribution in [0.15, 0.2) is 24.3 Å². The summed E-state index contributed by atoms with van der Waals surface area (Å²) in [5.41, 5.74) is 7.70. The first-order valence-corrected chi connectivity index (χ1v) is 6.97. The first-order chi connectivity index (χ1) is 9.11. The number of amides is 1. The molecule has 1 aromatic carbocycles. The quantitative estimate of drug-likeness (QED) is 0.869. The molecule has 1 aliphatic rings. The van der Waals surface area contributed by atoms with Gasteiger partial charge in [0.2, 0.25) is 0 Å². The molecule has 1 aliphatic carbocycles. The Balaban J connectivity index is 1.98. The first-order valence-electron chi connectivity index (χ1n) is 6.97. The summed E-state index contributed by atoms with van der Waals surface area (Å²) in [6.45, 7) is 9.87. The molecule has 1 saturated carbocycles. The predicted molar refractivity (Wildman–Crippen MR) is 80.8 cm³/mol. The summed E-state index contributed by atoms with van der Waals surface area (Å²) in [7, 11) is 0. The van der Waals surface area contributed by atoms with Gasteiger partial charge in [-0.15, -0.1) is 0 Å². The molecule has 1 fully saturated rings. The Labute approximate surface area is 120 Å². The standard InChI is InChI=1S/C16H24N2O2/c1-15(2,3)20-14(19)18-11-8-6-10(7-9-11)12-13(17)16(12,4)5/h6-9,12-13H,17H2,1-5H3,(H,18,19)/t12-,13-/m1/s1. The van der Waals surface area contributed by atoms with Gasteiger partial charge in [-0.3, -0.25) is 5.32 Å². The molecular formula is C16H24N2O2. The lowest BCUT2D eigenvalue weighted by Crippen LogP contribution is -2.27. The van der Waals surface area contributed by atoms with Gasteiger partial charge in [-0.25, -0.2) is 4.79 Å². The van der Waals surface area contributed by atoms with Gasteiger partial charge in [0.25, 0.3) is 0 Å². The Morgan fingerprint density at radius 1 is 1.25 bits per heavy atom. The fourth-order valence-electron chi connectivity index (χ4n) is 2.51. The molecule has 2 atom stereocenters. The topological polar surface area (TPSA) is 64.3 Å². The van der Waals surface area contributed by atoms with Gasteiger partial charge in [0.05, 0.1) is 0 Å². The predicted octanol–water partition coefficient (Wildman–Crippen LogP) is 3.48. The number of nitrogens with one attached hydrogen (secondary N) is 1. The molecule has 0 unspecified atom stereocenters. The molecule has 4 heteroatoms. The third-order valence-electron chi connectivity index (χ3n) is 3.83. The molecule has 2 rings (SSSR count). The van der Waals surface area contributed by atoms with E-state index < -0.39 is 11.7 Å². The largest absolute Gasteiger partial charge is 0.444 e. The second-order valence-corrected chi connectivity index (χ2v) is 7.07. The van der Waals surface area contributed by atoms with Gasteiger partial charge in [-0.05, 0) is 43.9 Å². The minimum atomic E-state index is -0.491. The van der Waals surface area contributed by atoms with Gasteiger partial charge in [-0.2, -0.15) is 0 Å². The maximum atomic E-state index is 11.7. The number of carbonyl (C=O) groups is 1. The molecule has 1 aromatic rings. The highest BCUT2D eigenvalue weighted by Crippen LogP contribution is 2.57. The molecule has 0 heterocycles. The van der Waals surface area contributed by atoms with Gasteiger partial charge in [0, 0.05) is 17.6 Å². The number of rotatable bonds is 2. The highest BCUT2D eigenvalue weighted by molar-refractivity contribution is 5.84. The van der Waals surface area contributed by atoms with E-state index in [9.17, 15) is 4.79 Å². The summed E-state index contributed by atoms with van der Waals surface area (Å²) in [6.07, 6.45) is -0.436. The molecule has 110 valence electrons. The Kier molecular flexibility index (Phi) is 3.54. The van der Waals surface area contributed by atoms with Crippen molar-refractivity contribution in [2.45, 2.75) is 52.2 Å². The average molecular weight is 276 g/mol. The minimum absolute atomic E-state index is 0.167. The SMILES string of the molecule is CC(C)(C)OC(=O)Nc1ccc([C@@H]2[C@@H](N)C2(C)C)cc1. The monoisotopic (exact) mass is 276 g/mol. The zero-order valence-electron chi connectivity index (χ0n) is 12.9. The van der Waals surface area contributed by atoms with Gasteiger partial charge in [-0.1, -0.05) is 26.0 Å². The minimum Gasteiger partial charge on any atom is -0.444 e. The van der Waals surface area contributed by atoms with E-state index in [0.717, 1.165) is 5.69 Å². The van der Waals surface area contributed by atoms with Crippen LogP contribution in [0, 0.1) is 5.41 Å². The summed E-state index contributed by atoms with van der Waals surface area (Å²) in [4.78, 5) is 11.7. The number of ether oxygens (including phenoxy) is 1. The first kappa shape index (κ1) is 14.9. The molecule has 0 aromatic heterocycles. The zero-order chi connectivity index (χ0) is 15.1. The molecule has 4 nitrogen and oxygen atoms in total. The van der Waals surface area contributed by atoms with Crippen LogP contribution in [0.3, 0.4) is 0 Å². The molecule has 1 amide bonds. The third-order valence-corrected chi connectivity index (χ3v) is 3.83. The van der Waals surface area contributed by atoms with Crippen molar-refractivity contribution in [1.82, 2.24) is 0 Å². The van der Waals surface area contributed by atoms with Crippen molar-refractivity contribution in [3.8, 4) is 0 Å². The Bertz CT molecular complexity index is 500. The van der Waals surface area contributed by atoms with E-state index in [4.69, 9.17) is 10.5 Å². The molecule has 20 heavy (non-hydrogen) atoms. The van der Waals surface area contributed by atoms with E-state index in [2.05, 4.69) is 19.2 Å². The molecule has 0 saturated heterocycles. The van der Waals surface area contributed by atoms with Crippen molar-refractivity contribution in [3.63, 3.8) is 0 Å². The summed E-state index contributed by atoms with van der Waals surface area (Å²) < 4.78 is 5.21. The second-order valence-electron chi connectivity index (χ2n) is 7.07. The van der Waals surface area contributed by atoms with E-state index in [1.54, 1.807) is 0 Å². The summed E-state index contributed by atoms with van der Waals surface area (Å²) in [6, 6.07) is 8.03. The molecule has 0 radical (unpaired) electrons. The van der Waals surface area contributed by atoms with Crippen LogP contribution in [0.4, 0.5) is 10.5 Å². The number of hydrogen-bond donors (Lipinski definition) is 2. The molecule has 3 N–H and O–H groups in total. The molecular weight excluding hydrogens is 252 g/mol. The van der Waals surface area contributed by atoms with Crippen molar-refractivity contribution < 1.29 is 9.53 Å². The van der Waals surface area contributed by atoms with Crippen molar-refractivity contribution in [2.75, 3.05) is 5.32 Å². The summed E-state index contributed by atoms with van der Waals surface area (Å²) in [5.74, 6) is 0.401. The highest BCUT2D eigenvalue weighted by Gasteiger charge is 2.55. The van der Waals surface area contributed by atoms with Gasteiger partial charge in [0.1, 0.15) is 5.60 Å². The Morgan fingerprint density at radius 3 is 2.15 bits per heavy atom. The number of anilines is 1. The van der Waals surface area contributed by atoms with Crippen LogP contribution in [-0.4, -0.2) is 17.7 Å². The summed E-state index contributed by atoms with van der Waals surface area (Å²) >= 11 is 0. The number of hydrogen-bond acceptors (Lipinski definition) is 3. The lowest BCUT2D eigenvalue weighted by Gasteiger charge is -2.19. The zero-order valence-corrected chi connectivity index (χ0v) is 12.9. The van der Waals surface area contributed by atoms with Crippen LogP contribution in [-0.2, 0) is 4.74 Å². The van der Waals surface area contributed by atoms with Crippen LogP contribution in [0.1, 0.15) is 46.1 Å². The molecule has 0 aliphatic heterocycles. The van der Waals surface area contributed by atoms with E-state index in [1.807, 2.05) is 45.0 Å². The van der Waals surface area contributed by atoms with E-state index in [0.29, 0.717) is 5.92 Å². The summed E-state index contributed by atoms with van der Waals surface area (Å²) in [5, 5.41) is 2.72. The Morgan fingerprint density at radius 2 is 1.75 bits per heavy atom. The number of carbonyl (C=O) groups excluding carboxylic acids is 1. The van der Waals surface area contributed by atoms with E-state index in [1.165, 1.54) is 5.56 Å². The molecule has 0 spiro atoms. The van der Waals surface area contributed by atoms with Crippen molar-refractivity contribution in [2.24, 2.45) is 11.1 Å². The van der Waals surface area contributed by atoms with Crippen molar-refractivity contribution >= 4 is 11.8 Å². The maximum Gasteiger partial charge on any atom is 0.412 e. The van der Waals surface area contributed by atoms with Gasteiger partial charge < -0.3 is 10.5 Å². The number of benzene rings is 1. The van der Waals surface area contributed by atoms with Crippen molar-refractivity contribution in [3.05, 3.63) is 29.8 Å². The van der Waals surface area contributed by atoms with E-state index >= 15 is 0 Å². The fraction of sp³-hybridized carbons (Fsp3) is 0.562. The van der Waals surface area contributed by atoms with Gasteiger partial charge in [0.15, 0.2) is 0 Å². The van der Waals surface area contributed by atoms with Crippen LogP contribution in [0.2, 0.25) is 0 Å². The Hall–Kier alpha value is -1.55. The normalized spacial score (nSPS) is 24.1. The fourth-order valence-corrected chi connectivity index (χ4v) is 2.51. The smallest absolute Gasteiger partial charge is 0.412 e. The average Bonchev–Trinajstić information content (AvgIpc) is 2.77. The van der Waals surface area contributed by atoms with E-state index in [-0.39, 0.29) is 11.5 Å². The van der Waals surface area contributed by atoms with Crippen LogP contribution < -0.4 is 11.1 Å². The molecule has 0 bridgehead atoms. The number of nitrogens with two attached hydrogens (primary N) is 1. The van der Waals surface area contributed by atoms with Crippen LogP contribution in [0.25, 0.3) is 0 Å². The van der Waals surface area contributed by atoms with Gasteiger partial charge >= 0.3 is 6.09 Å². The maximum absolute atomic E-state index is 11.7. The lowest BCUT2D eigenvalue weighted by atomic mass is 10.0.